The number of halogens is 1. The molecule has 2 aliphatic rings. The van der Waals surface area contributed by atoms with Crippen molar-refractivity contribution in [2.75, 3.05) is 13.2 Å². The average molecular weight is 497 g/mol. The Labute approximate surface area is 208 Å². The molecular weight excluding hydrogens is 472 g/mol. The summed E-state index contributed by atoms with van der Waals surface area (Å²) in [5, 5.41) is 16.5. The number of ether oxygens (including phenoxy) is 2. The Kier molecular flexibility index (Phi) is 7.70. The topological polar surface area (TPSA) is 87.3 Å². The van der Waals surface area contributed by atoms with E-state index in [-0.39, 0.29) is 11.4 Å². The highest BCUT2D eigenvalue weighted by Crippen LogP contribution is 2.33. The summed E-state index contributed by atoms with van der Waals surface area (Å²) < 4.78 is 11.3. The van der Waals surface area contributed by atoms with Crippen molar-refractivity contribution in [3.63, 3.8) is 0 Å². The number of nitrogens with one attached hydrogen (secondary N) is 1. The lowest BCUT2D eigenvalue weighted by molar-refractivity contribution is -0.114. The molecule has 0 saturated heterocycles. The first-order valence-corrected chi connectivity index (χ1v) is 12.3. The van der Waals surface area contributed by atoms with Gasteiger partial charge in [0.25, 0.3) is 5.91 Å². The van der Waals surface area contributed by atoms with Crippen LogP contribution in [0.2, 0.25) is 5.02 Å². The van der Waals surface area contributed by atoms with Gasteiger partial charge in [-0.05, 0) is 60.5 Å². The van der Waals surface area contributed by atoms with Gasteiger partial charge in [0, 0.05) is 5.92 Å². The van der Waals surface area contributed by atoms with E-state index in [2.05, 4.69) is 23.9 Å². The molecule has 1 amide bonds. The molecule has 0 bridgehead atoms. The summed E-state index contributed by atoms with van der Waals surface area (Å²) in [7, 11) is 0. The van der Waals surface area contributed by atoms with Crippen molar-refractivity contribution in [1.82, 2.24) is 5.01 Å². The van der Waals surface area contributed by atoms with E-state index < -0.39 is 5.91 Å². The number of hydrogen-bond acceptors (Lipinski definition) is 6. The van der Waals surface area contributed by atoms with Gasteiger partial charge in [0.1, 0.15) is 29.8 Å². The molecule has 34 heavy (non-hydrogen) atoms. The van der Waals surface area contributed by atoms with Crippen LogP contribution in [0.25, 0.3) is 6.08 Å². The van der Waals surface area contributed by atoms with Gasteiger partial charge in [-0.25, -0.2) is 0 Å². The number of carbonyl (C=O) groups is 1. The number of para-hydroxylation sites is 1. The molecule has 2 heterocycles. The molecule has 0 saturated carbocycles. The monoisotopic (exact) mass is 496 g/mol. The Morgan fingerprint density at radius 1 is 1.09 bits per heavy atom. The van der Waals surface area contributed by atoms with Gasteiger partial charge in [-0.3, -0.25) is 10.2 Å². The summed E-state index contributed by atoms with van der Waals surface area (Å²) in [5.74, 6) is 1.21. The number of benzene rings is 2. The van der Waals surface area contributed by atoms with E-state index in [9.17, 15) is 4.79 Å². The molecular formula is C25H25ClN4O3S. The summed E-state index contributed by atoms with van der Waals surface area (Å²) in [6, 6.07) is 14.6. The molecule has 0 fully saturated rings. The van der Waals surface area contributed by atoms with Crippen LogP contribution in [-0.2, 0) is 4.79 Å². The normalized spacial score (nSPS) is 16.6. The summed E-state index contributed by atoms with van der Waals surface area (Å²) >= 11 is 7.45. The van der Waals surface area contributed by atoms with E-state index in [1.165, 1.54) is 16.8 Å². The molecule has 9 heteroatoms. The van der Waals surface area contributed by atoms with Crippen LogP contribution in [0.3, 0.4) is 0 Å². The number of aliphatic imine (C=N–C) groups is 1. The second kappa shape index (κ2) is 10.9. The van der Waals surface area contributed by atoms with Gasteiger partial charge in [0.2, 0.25) is 5.17 Å². The maximum absolute atomic E-state index is 12.6. The number of carbonyl (C=O) groups excluding carboxylic acids is 1. The lowest BCUT2D eigenvalue weighted by Gasteiger charge is -2.20. The van der Waals surface area contributed by atoms with E-state index in [1.807, 2.05) is 36.4 Å². The number of hydrazone groups is 1. The molecule has 7 nitrogen and oxygen atoms in total. The number of amidine groups is 2. The first-order valence-electron chi connectivity index (χ1n) is 11.1. The van der Waals surface area contributed by atoms with Crippen molar-refractivity contribution >= 4 is 51.4 Å². The highest BCUT2D eigenvalue weighted by atomic mass is 35.5. The van der Waals surface area contributed by atoms with Crippen molar-refractivity contribution in [3.05, 3.63) is 64.7 Å². The zero-order valence-electron chi connectivity index (χ0n) is 19.0. The summed E-state index contributed by atoms with van der Waals surface area (Å²) in [5.41, 5.74) is 0.975. The minimum Gasteiger partial charge on any atom is -0.490 e. The molecule has 2 aliphatic heterocycles. The highest BCUT2D eigenvalue weighted by molar-refractivity contribution is 8.27. The smallest absolute Gasteiger partial charge is 0.283 e. The van der Waals surface area contributed by atoms with E-state index in [0.717, 1.165) is 23.4 Å². The molecule has 1 N–H and O–H groups in total. The van der Waals surface area contributed by atoms with Crippen LogP contribution in [0.1, 0.15) is 32.3 Å². The van der Waals surface area contributed by atoms with Crippen LogP contribution in [0.4, 0.5) is 0 Å². The highest BCUT2D eigenvalue weighted by Gasteiger charge is 2.37. The Morgan fingerprint density at radius 2 is 1.79 bits per heavy atom. The third-order valence-electron chi connectivity index (χ3n) is 5.44. The molecule has 0 unspecified atom stereocenters. The van der Waals surface area contributed by atoms with E-state index in [4.69, 9.17) is 26.5 Å². The number of fused-ring (bicyclic) bond motifs is 1. The van der Waals surface area contributed by atoms with Crippen LogP contribution in [-0.4, -0.2) is 40.2 Å². The summed E-state index contributed by atoms with van der Waals surface area (Å²) in [6.07, 6.45) is 3.56. The Hall–Kier alpha value is -3.10. The molecule has 4 rings (SSSR count). The predicted molar refractivity (Wildman–Crippen MR) is 138 cm³/mol. The van der Waals surface area contributed by atoms with Gasteiger partial charge >= 0.3 is 0 Å². The fourth-order valence-electron chi connectivity index (χ4n) is 3.51. The van der Waals surface area contributed by atoms with E-state index in [1.54, 1.807) is 18.2 Å². The summed E-state index contributed by atoms with van der Waals surface area (Å²) in [4.78, 5) is 16.8. The minimum atomic E-state index is -0.429. The molecule has 0 aromatic heterocycles. The average Bonchev–Trinajstić information content (AvgIpc) is 3.26. The molecule has 0 aliphatic carbocycles. The number of rotatable bonds is 9. The van der Waals surface area contributed by atoms with Crippen molar-refractivity contribution in [1.29, 1.82) is 5.41 Å². The first kappa shape index (κ1) is 24.0. The lowest BCUT2D eigenvalue weighted by atomic mass is 10.1. The Morgan fingerprint density at radius 3 is 2.50 bits per heavy atom. The quantitative estimate of drug-likeness (QED) is 0.347. The number of thioether (sulfide) groups is 1. The van der Waals surface area contributed by atoms with Gasteiger partial charge in [0.15, 0.2) is 5.84 Å². The zero-order chi connectivity index (χ0) is 24.1. The van der Waals surface area contributed by atoms with Gasteiger partial charge in [-0.2, -0.15) is 15.1 Å². The Balaban J connectivity index is 1.38. The fourth-order valence-corrected chi connectivity index (χ4v) is 4.86. The van der Waals surface area contributed by atoms with Crippen LogP contribution >= 0.6 is 23.4 Å². The standard InChI is InChI=1S/C25H25ClN4O3S/c1-3-17(4-2)24-29-30-22(27)19(23(31)28-25(30)34-24)15-16-9-11-18(12-10-16)32-13-14-33-21-8-6-5-7-20(21)26/h5-12,15,17,27H,3-4,13-14H2,1-2H3/b19-15+,27-22?. The fraction of sp³-hybridized carbons (Fsp3) is 0.280. The van der Waals surface area contributed by atoms with Crippen LogP contribution in [0.15, 0.2) is 64.2 Å². The van der Waals surface area contributed by atoms with E-state index in [0.29, 0.717) is 40.8 Å². The maximum atomic E-state index is 12.6. The first-order chi connectivity index (χ1) is 16.5. The number of hydrogen-bond donors (Lipinski definition) is 1. The molecule has 0 atom stereocenters. The predicted octanol–water partition coefficient (Wildman–Crippen LogP) is 5.85. The SMILES string of the molecule is CCC(CC)C1=NN2C(=N)/C(=C\c3ccc(OCCOc4ccccc4Cl)cc3)C(=O)N=C2S1. The van der Waals surface area contributed by atoms with Gasteiger partial charge in [0.05, 0.1) is 10.6 Å². The van der Waals surface area contributed by atoms with Crippen molar-refractivity contribution in [3.8, 4) is 11.5 Å². The van der Waals surface area contributed by atoms with Crippen molar-refractivity contribution in [2.45, 2.75) is 26.7 Å². The van der Waals surface area contributed by atoms with Crippen molar-refractivity contribution < 1.29 is 14.3 Å². The largest absolute Gasteiger partial charge is 0.490 e. The second-order valence-corrected chi connectivity index (χ2v) is 9.06. The maximum Gasteiger partial charge on any atom is 0.283 e. The minimum absolute atomic E-state index is 0.0421. The van der Waals surface area contributed by atoms with Gasteiger partial charge < -0.3 is 9.47 Å². The molecule has 0 radical (unpaired) electrons. The third-order valence-corrected chi connectivity index (χ3v) is 6.83. The Bertz CT molecular complexity index is 1170. The number of nitrogens with zero attached hydrogens (tertiary/aromatic N) is 3. The molecule has 0 spiro atoms. The molecule has 2 aromatic carbocycles. The van der Waals surface area contributed by atoms with Crippen LogP contribution in [0.5, 0.6) is 11.5 Å². The number of amides is 1. The van der Waals surface area contributed by atoms with Gasteiger partial charge in [-0.1, -0.05) is 49.7 Å². The second-order valence-electron chi connectivity index (χ2n) is 7.67. The van der Waals surface area contributed by atoms with Crippen molar-refractivity contribution in [2.24, 2.45) is 16.0 Å². The van der Waals surface area contributed by atoms with E-state index >= 15 is 0 Å². The third kappa shape index (κ3) is 5.34. The zero-order valence-corrected chi connectivity index (χ0v) is 20.5. The van der Waals surface area contributed by atoms with Gasteiger partial charge in [-0.15, -0.1) is 0 Å². The molecule has 2 aromatic rings. The lowest BCUT2D eigenvalue weighted by Crippen LogP contribution is -2.35. The van der Waals surface area contributed by atoms with Crippen LogP contribution < -0.4 is 9.47 Å². The van der Waals surface area contributed by atoms with Crippen LogP contribution in [0, 0.1) is 11.3 Å². The summed E-state index contributed by atoms with van der Waals surface area (Å²) in [6.45, 7) is 4.93. The molecule has 176 valence electrons.